The van der Waals surface area contributed by atoms with Gasteiger partial charge in [-0.2, -0.15) is 0 Å². The Labute approximate surface area is 157 Å². The number of fused-ring (bicyclic) bond motifs is 1. The first kappa shape index (κ1) is 17.9. The average Bonchev–Trinajstić information content (AvgIpc) is 3.05. The summed E-state index contributed by atoms with van der Waals surface area (Å²) in [6.07, 6.45) is 3.84. The Bertz CT molecular complexity index is 913. The average molecular weight is 369 g/mol. The molecular weight excluding hydrogens is 345 g/mol. The van der Waals surface area contributed by atoms with Crippen LogP contribution in [0.4, 0.5) is 4.39 Å². The molecule has 2 heterocycles. The second kappa shape index (κ2) is 7.66. The van der Waals surface area contributed by atoms with Crippen LogP contribution in [0.2, 0.25) is 0 Å². The highest BCUT2D eigenvalue weighted by Crippen LogP contribution is 2.26. The van der Waals surface area contributed by atoms with Crippen molar-refractivity contribution in [2.45, 2.75) is 31.4 Å². The second-order valence-electron chi connectivity index (χ2n) is 7.33. The van der Waals surface area contributed by atoms with Gasteiger partial charge in [0.05, 0.1) is 23.0 Å². The summed E-state index contributed by atoms with van der Waals surface area (Å²) in [4.78, 5) is 9.74. The van der Waals surface area contributed by atoms with Gasteiger partial charge in [-0.1, -0.05) is 18.2 Å². The molecule has 0 bridgehead atoms. The third kappa shape index (κ3) is 4.28. The van der Waals surface area contributed by atoms with E-state index >= 15 is 0 Å². The minimum absolute atomic E-state index is 0.113. The number of rotatable bonds is 5. The molecule has 0 radical (unpaired) electrons. The fourth-order valence-corrected chi connectivity index (χ4v) is 3.65. The molecule has 6 heteroatoms. The number of halogens is 1. The molecule has 1 aliphatic heterocycles. The highest BCUT2D eigenvalue weighted by atomic mass is 19.1. The monoisotopic (exact) mass is 369 g/mol. The number of nitrogens with zero attached hydrogens (tertiary/aromatic N) is 2. The summed E-state index contributed by atoms with van der Waals surface area (Å²) < 4.78 is 19.3. The fraction of sp³-hybridized carbons (Fsp3) is 0.381. The van der Waals surface area contributed by atoms with Crippen LogP contribution >= 0.6 is 0 Å². The first-order valence-electron chi connectivity index (χ1n) is 9.35. The van der Waals surface area contributed by atoms with Crippen LogP contribution in [0.1, 0.15) is 24.8 Å². The third-order valence-corrected chi connectivity index (χ3v) is 5.23. The molecule has 0 amide bonds. The van der Waals surface area contributed by atoms with Gasteiger partial charge in [0, 0.05) is 13.1 Å². The zero-order valence-electron chi connectivity index (χ0n) is 15.2. The first-order valence-corrected chi connectivity index (χ1v) is 9.35. The van der Waals surface area contributed by atoms with Gasteiger partial charge in [-0.25, -0.2) is 9.37 Å². The highest BCUT2D eigenvalue weighted by molar-refractivity contribution is 5.74. The smallest absolute Gasteiger partial charge is 0.165 e. The quantitative estimate of drug-likeness (QED) is 0.723. The largest absolute Gasteiger partial charge is 0.488 e. The predicted octanol–water partition coefficient (Wildman–Crippen LogP) is 3.50. The SMILES string of the molecule is OC1(COc2ccccc2F)CCCN(Cc2ccc3nc[nH]c3c2)CC1. The van der Waals surface area contributed by atoms with E-state index in [9.17, 15) is 9.50 Å². The maximum absolute atomic E-state index is 13.7. The topological polar surface area (TPSA) is 61.4 Å². The normalized spacial score (nSPS) is 21.3. The lowest BCUT2D eigenvalue weighted by Gasteiger charge is -2.27. The van der Waals surface area contributed by atoms with Crippen molar-refractivity contribution in [3.8, 4) is 5.75 Å². The number of nitrogens with one attached hydrogen (secondary N) is 1. The number of hydrogen-bond donors (Lipinski definition) is 2. The van der Waals surface area contributed by atoms with Gasteiger partial charge in [0.2, 0.25) is 0 Å². The number of hydrogen-bond acceptors (Lipinski definition) is 4. The van der Waals surface area contributed by atoms with Crippen molar-refractivity contribution in [2.24, 2.45) is 0 Å². The molecule has 0 aliphatic carbocycles. The summed E-state index contributed by atoms with van der Waals surface area (Å²) >= 11 is 0. The minimum atomic E-state index is -0.926. The molecule has 4 rings (SSSR count). The zero-order chi connectivity index (χ0) is 18.7. The van der Waals surface area contributed by atoms with E-state index in [4.69, 9.17) is 4.74 Å². The van der Waals surface area contributed by atoms with E-state index in [1.54, 1.807) is 24.5 Å². The Kier molecular flexibility index (Phi) is 5.09. The van der Waals surface area contributed by atoms with Crippen molar-refractivity contribution in [1.29, 1.82) is 0 Å². The van der Waals surface area contributed by atoms with Crippen molar-refractivity contribution in [3.05, 3.63) is 60.2 Å². The molecule has 1 unspecified atom stereocenters. The van der Waals surface area contributed by atoms with Crippen LogP contribution < -0.4 is 4.74 Å². The number of benzene rings is 2. The van der Waals surface area contributed by atoms with E-state index in [0.29, 0.717) is 12.8 Å². The summed E-state index contributed by atoms with van der Waals surface area (Å²) in [5, 5.41) is 10.9. The molecule has 1 saturated heterocycles. The van der Waals surface area contributed by atoms with Crippen molar-refractivity contribution in [1.82, 2.24) is 14.9 Å². The zero-order valence-corrected chi connectivity index (χ0v) is 15.2. The number of aliphatic hydroxyl groups is 1. The number of likely N-dealkylation sites (tertiary alicyclic amines) is 1. The second-order valence-corrected chi connectivity index (χ2v) is 7.33. The molecule has 0 spiro atoms. The molecule has 3 aromatic rings. The lowest BCUT2D eigenvalue weighted by molar-refractivity contribution is -0.0177. The summed E-state index contributed by atoms with van der Waals surface area (Å²) in [5.74, 6) is -0.203. The molecule has 2 aromatic carbocycles. The van der Waals surface area contributed by atoms with Crippen LogP contribution in [0.5, 0.6) is 5.75 Å². The van der Waals surface area contributed by atoms with Crippen molar-refractivity contribution in [3.63, 3.8) is 0 Å². The van der Waals surface area contributed by atoms with Gasteiger partial charge in [-0.15, -0.1) is 0 Å². The third-order valence-electron chi connectivity index (χ3n) is 5.23. The van der Waals surface area contributed by atoms with Crippen LogP contribution in [0.3, 0.4) is 0 Å². The van der Waals surface area contributed by atoms with E-state index in [1.165, 1.54) is 11.6 Å². The summed E-state index contributed by atoms with van der Waals surface area (Å²) in [6, 6.07) is 12.6. The number of aromatic nitrogens is 2. The first-order chi connectivity index (χ1) is 13.1. The Hall–Kier alpha value is -2.44. The van der Waals surface area contributed by atoms with Crippen LogP contribution in [-0.4, -0.2) is 45.3 Å². The van der Waals surface area contributed by atoms with E-state index in [1.807, 2.05) is 6.07 Å². The van der Waals surface area contributed by atoms with Crippen molar-refractivity contribution in [2.75, 3.05) is 19.7 Å². The van der Waals surface area contributed by atoms with Gasteiger partial charge in [0.15, 0.2) is 11.6 Å². The molecule has 27 heavy (non-hydrogen) atoms. The van der Waals surface area contributed by atoms with Gasteiger partial charge in [0.1, 0.15) is 6.61 Å². The van der Waals surface area contributed by atoms with Crippen molar-refractivity contribution < 1.29 is 14.2 Å². The van der Waals surface area contributed by atoms with Gasteiger partial charge >= 0.3 is 0 Å². The van der Waals surface area contributed by atoms with Crippen LogP contribution in [0.25, 0.3) is 11.0 Å². The minimum Gasteiger partial charge on any atom is -0.488 e. The van der Waals surface area contributed by atoms with E-state index in [0.717, 1.165) is 37.1 Å². The lowest BCUT2D eigenvalue weighted by Crippen LogP contribution is -2.37. The van der Waals surface area contributed by atoms with Gasteiger partial charge in [-0.05, 0) is 55.6 Å². The molecule has 1 atom stereocenters. The molecule has 5 nitrogen and oxygen atoms in total. The Morgan fingerprint density at radius 3 is 2.96 bits per heavy atom. The number of H-pyrrole nitrogens is 1. The summed E-state index contributed by atoms with van der Waals surface area (Å²) in [5.41, 5.74) is 2.30. The maximum Gasteiger partial charge on any atom is 0.165 e. The lowest BCUT2D eigenvalue weighted by atomic mass is 9.96. The Morgan fingerprint density at radius 2 is 2.07 bits per heavy atom. The Morgan fingerprint density at radius 1 is 1.19 bits per heavy atom. The molecular formula is C21H24FN3O2. The van der Waals surface area contributed by atoms with Gasteiger partial charge in [0.25, 0.3) is 0 Å². The fourth-order valence-electron chi connectivity index (χ4n) is 3.65. The standard InChI is InChI=1S/C21H24FN3O2/c22-17-4-1-2-5-20(17)27-14-21(26)8-3-10-25(11-9-21)13-16-6-7-18-19(12-16)24-15-23-18/h1-2,4-7,12,15,26H,3,8-11,13-14H2,(H,23,24). The number of aromatic amines is 1. The summed E-state index contributed by atoms with van der Waals surface area (Å²) in [6.45, 7) is 2.64. The van der Waals surface area contributed by atoms with E-state index < -0.39 is 11.4 Å². The van der Waals surface area contributed by atoms with E-state index in [-0.39, 0.29) is 12.4 Å². The van der Waals surface area contributed by atoms with Gasteiger partial charge < -0.3 is 14.8 Å². The van der Waals surface area contributed by atoms with Gasteiger partial charge in [-0.3, -0.25) is 4.90 Å². The molecule has 1 fully saturated rings. The van der Waals surface area contributed by atoms with Crippen molar-refractivity contribution >= 4 is 11.0 Å². The number of para-hydroxylation sites is 1. The molecule has 1 aliphatic rings. The van der Waals surface area contributed by atoms with E-state index in [2.05, 4.69) is 27.0 Å². The van der Waals surface area contributed by atoms with Crippen LogP contribution in [0, 0.1) is 5.82 Å². The molecule has 2 N–H and O–H groups in total. The van der Waals surface area contributed by atoms with Crippen LogP contribution in [0.15, 0.2) is 48.8 Å². The van der Waals surface area contributed by atoms with Crippen LogP contribution in [-0.2, 0) is 6.54 Å². The molecule has 0 saturated carbocycles. The predicted molar refractivity (Wildman–Crippen MR) is 102 cm³/mol. The number of imidazole rings is 1. The maximum atomic E-state index is 13.7. The highest BCUT2D eigenvalue weighted by Gasteiger charge is 2.31. The molecule has 142 valence electrons. The summed E-state index contributed by atoms with van der Waals surface area (Å²) in [7, 11) is 0. The Balaban J connectivity index is 1.35. The molecule has 1 aromatic heterocycles. The number of ether oxygens (including phenoxy) is 1.